The second-order valence-electron chi connectivity index (χ2n) is 11.3. The highest BCUT2D eigenvalue weighted by molar-refractivity contribution is 6.06. The molecule has 6 aromatic carbocycles. The zero-order valence-electron chi connectivity index (χ0n) is 24.2. The topological polar surface area (TPSA) is 63.8 Å². The molecule has 1 N–H and O–H groups in total. The van der Waals surface area contributed by atoms with Gasteiger partial charge in [0, 0.05) is 22.1 Å². The van der Waals surface area contributed by atoms with Gasteiger partial charge in [-0.05, 0) is 51.4 Å². The Morgan fingerprint density at radius 1 is 0.511 bits per heavy atom. The van der Waals surface area contributed by atoms with Gasteiger partial charge in [0.1, 0.15) is 5.58 Å². The normalized spacial score (nSPS) is 14.3. The van der Waals surface area contributed by atoms with Gasteiger partial charge in [-0.1, -0.05) is 121 Å². The van der Waals surface area contributed by atoms with Crippen LogP contribution in [0.4, 0.5) is 5.88 Å². The molecule has 1 aliphatic rings. The summed E-state index contributed by atoms with van der Waals surface area (Å²) < 4.78 is 6.60. The Bertz CT molecular complexity index is 2350. The Morgan fingerprint density at radius 2 is 1.07 bits per heavy atom. The van der Waals surface area contributed by atoms with E-state index in [1.54, 1.807) is 0 Å². The van der Waals surface area contributed by atoms with E-state index >= 15 is 0 Å². The Hall–Kier alpha value is -6.07. The van der Waals surface area contributed by atoms with Crippen molar-refractivity contribution in [2.75, 3.05) is 5.32 Å². The van der Waals surface area contributed by atoms with Gasteiger partial charge in [0.25, 0.3) is 0 Å². The molecule has 1 atom stereocenters. The molecule has 2 aromatic heterocycles. The third kappa shape index (κ3) is 4.45. The molecule has 0 saturated carbocycles. The number of hydrogen-bond donors (Lipinski definition) is 1. The lowest BCUT2D eigenvalue weighted by atomic mass is 9.92. The van der Waals surface area contributed by atoms with Crippen LogP contribution in [0.15, 0.2) is 150 Å². The largest absolute Gasteiger partial charge is 0.440 e. The molecule has 5 nitrogen and oxygen atoms in total. The molecule has 45 heavy (non-hydrogen) atoms. The number of fused-ring (bicyclic) bond motifs is 5. The van der Waals surface area contributed by atoms with Gasteiger partial charge in [-0.2, -0.15) is 0 Å². The molecular formula is C40H26N4O. The van der Waals surface area contributed by atoms with Gasteiger partial charge >= 0.3 is 0 Å². The van der Waals surface area contributed by atoms with Crippen molar-refractivity contribution in [2.24, 2.45) is 0 Å². The molecule has 1 aliphatic heterocycles. The highest BCUT2D eigenvalue weighted by Crippen LogP contribution is 2.45. The van der Waals surface area contributed by atoms with Gasteiger partial charge in [0.2, 0.25) is 5.88 Å². The van der Waals surface area contributed by atoms with E-state index in [0.29, 0.717) is 23.4 Å². The quantitative estimate of drug-likeness (QED) is 0.225. The van der Waals surface area contributed by atoms with E-state index in [9.17, 15) is 0 Å². The lowest BCUT2D eigenvalue weighted by molar-refractivity contribution is 0.618. The van der Waals surface area contributed by atoms with Crippen molar-refractivity contribution in [1.29, 1.82) is 0 Å². The molecule has 0 amide bonds. The first-order chi connectivity index (χ1) is 22.3. The first kappa shape index (κ1) is 25.4. The number of nitrogens with one attached hydrogen (secondary N) is 1. The SMILES string of the molecule is C1=C(c2nc(-c3ccccc3)nc(-c3ccccc3)n2)c2c(oc3cc4ccccc4cc23)NC1c1ccc2ccccc2c1. The van der Waals surface area contributed by atoms with Gasteiger partial charge in [0.05, 0.1) is 11.6 Å². The summed E-state index contributed by atoms with van der Waals surface area (Å²) in [7, 11) is 0. The van der Waals surface area contributed by atoms with Crippen LogP contribution in [0, 0.1) is 0 Å². The zero-order valence-corrected chi connectivity index (χ0v) is 24.2. The maximum atomic E-state index is 6.60. The van der Waals surface area contributed by atoms with Gasteiger partial charge in [-0.3, -0.25) is 0 Å². The van der Waals surface area contributed by atoms with Gasteiger partial charge < -0.3 is 9.73 Å². The lowest BCUT2D eigenvalue weighted by Crippen LogP contribution is -2.15. The Balaban J connectivity index is 1.30. The maximum Gasteiger partial charge on any atom is 0.202 e. The minimum Gasteiger partial charge on any atom is -0.440 e. The fourth-order valence-corrected chi connectivity index (χ4v) is 6.28. The first-order valence-corrected chi connectivity index (χ1v) is 15.1. The van der Waals surface area contributed by atoms with Gasteiger partial charge in [-0.25, -0.2) is 15.0 Å². The molecule has 0 saturated heterocycles. The average molecular weight is 579 g/mol. The summed E-state index contributed by atoms with van der Waals surface area (Å²) in [6, 6.07) is 47.7. The van der Waals surface area contributed by atoms with Crippen LogP contribution in [0.5, 0.6) is 0 Å². The van der Waals surface area contributed by atoms with Gasteiger partial charge in [-0.15, -0.1) is 0 Å². The second-order valence-corrected chi connectivity index (χ2v) is 11.3. The molecule has 0 aliphatic carbocycles. The van der Waals surface area contributed by atoms with Crippen molar-refractivity contribution >= 4 is 44.0 Å². The van der Waals surface area contributed by atoms with Crippen molar-refractivity contribution < 1.29 is 4.42 Å². The number of hydrogen-bond acceptors (Lipinski definition) is 5. The summed E-state index contributed by atoms with van der Waals surface area (Å²) in [4.78, 5) is 15.2. The monoisotopic (exact) mass is 578 g/mol. The maximum absolute atomic E-state index is 6.60. The molecule has 0 radical (unpaired) electrons. The Labute approximate surface area is 259 Å². The third-order valence-electron chi connectivity index (χ3n) is 8.52. The van der Waals surface area contributed by atoms with E-state index in [-0.39, 0.29) is 6.04 Å². The summed E-state index contributed by atoms with van der Waals surface area (Å²) in [6.45, 7) is 0. The standard InChI is InChI=1S/C40H26N4O/c1-3-12-26(13-4-1)37-42-38(27-14-5-2-6-15-27)44-39(43-37)33-24-34(31-20-19-25-11-7-8-16-28(25)21-31)41-40-36(33)32-22-29-17-9-10-18-30(29)23-35(32)45-40/h1-24,34,41H. The summed E-state index contributed by atoms with van der Waals surface area (Å²) in [5.74, 6) is 2.56. The third-order valence-corrected chi connectivity index (χ3v) is 8.52. The Morgan fingerprint density at radius 3 is 1.73 bits per heavy atom. The van der Waals surface area contributed by atoms with E-state index in [1.165, 1.54) is 10.8 Å². The zero-order chi connectivity index (χ0) is 29.7. The fourth-order valence-electron chi connectivity index (χ4n) is 6.28. The minimum atomic E-state index is -0.163. The number of aromatic nitrogens is 3. The van der Waals surface area contributed by atoms with E-state index < -0.39 is 0 Å². The van der Waals surface area contributed by atoms with Gasteiger partial charge in [0.15, 0.2) is 17.5 Å². The van der Waals surface area contributed by atoms with Crippen LogP contribution in [0.2, 0.25) is 0 Å². The molecule has 0 bridgehead atoms. The number of nitrogens with zero attached hydrogens (tertiary/aromatic N) is 3. The summed E-state index contributed by atoms with van der Waals surface area (Å²) in [5, 5.41) is 9.38. The molecule has 0 fully saturated rings. The average Bonchev–Trinajstić information content (AvgIpc) is 3.47. The molecule has 9 rings (SSSR count). The summed E-state index contributed by atoms with van der Waals surface area (Å²) in [6.07, 6.45) is 2.23. The minimum absolute atomic E-state index is 0.163. The van der Waals surface area contributed by atoms with Crippen LogP contribution in [0.25, 0.3) is 60.9 Å². The highest BCUT2D eigenvalue weighted by atomic mass is 16.4. The number of benzene rings is 6. The summed E-state index contributed by atoms with van der Waals surface area (Å²) in [5.41, 5.74) is 5.68. The van der Waals surface area contributed by atoms with E-state index in [1.807, 2.05) is 60.7 Å². The molecule has 1 unspecified atom stereocenters. The van der Waals surface area contributed by atoms with Crippen molar-refractivity contribution in [3.05, 3.63) is 163 Å². The van der Waals surface area contributed by atoms with Crippen LogP contribution in [-0.2, 0) is 0 Å². The molecule has 0 spiro atoms. The van der Waals surface area contributed by atoms with E-state index in [4.69, 9.17) is 19.4 Å². The van der Waals surface area contributed by atoms with Crippen LogP contribution >= 0.6 is 0 Å². The predicted molar refractivity (Wildman–Crippen MR) is 182 cm³/mol. The second kappa shape index (κ2) is 10.3. The predicted octanol–water partition coefficient (Wildman–Crippen LogP) is 9.86. The molecule has 8 aromatic rings. The fraction of sp³-hybridized carbons (Fsp3) is 0.0250. The molecule has 212 valence electrons. The van der Waals surface area contributed by atoms with Crippen LogP contribution < -0.4 is 5.32 Å². The van der Waals surface area contributed by atoms with Crippen molar-refractivity contribution in [2.45, 2.75) is 6.04 Å². The Kier molecular flexibility index (Phi) is 5.81. The van der Waals surface area contributed by atoms with E-state index in [2.05, 4.69) is 90.3 Å². The first-order valence-electron chi connectivity index (χ1n) is 15.1. The number of rotatable bonds is 4. The van der Waals surface area contributed by atoms with Crippen molar-refractivity contribution in [1.82, 2.24) is 15.0 Å². The van der Waals surface area contributed by atoms with Crippen LogP contribution in [0.1, 0.15) is 23.0 Å². The smallest absolute Gasteiger partial charge is 0.202 e. The lowest BCUT2D eigenvalue weighted by Gasteiger charge is -2.23. The number of furan rings is 1. The summed E-state index contributed by atoms with van der Waals surface area (Å²) >= 11 is 0. The van der Waals surface area contributed by atoms with E-state index in [0.717, 1.165) is 49.6 Å². The highest BCUT2D eigenvalue weighted by Gasteiger charge is 2.29. The van der Waals surface area contributed by atoms with Crippen LogP contribution in [-0.4, -0.2) is 15.0 Å². The number of anilines is 1. The van der Waals surface area contributed by atoms with Crippen LogP contribution in [0.3, 0.4) is 0 Å². The molecular weight excluding hydrogens is 552 g/mol. The van der Waals surface area contributed by atoms with Crippen molar-refractivity contribution in [3.63, 3.8) is 0 Å². The molecule has 3 heterocycles. The van der Waals surface area contributed by atoms with Crippen molar-refractivity contribution in [3.8, 4) is 22.8 Å². The molecule has 5 heteroatoms.